The zero-order valence-electron chi connectivity index (χ0n) is 14.5. The van der Waals surface area contributed by atoms with Crippen LogP contribution in [0.3, 0.4) is 0 Å². The maximum atomic E-state index is 12.9. The van der Waals surface area contributed by atoms with E-state index < -0.39 is 0 Å². The van der Waals surface area contributed by atoms with Gasteiger partial charge in [0.1, 0.15) is 5.56 Å². The smallest absolute Gasteiger partial charge is 0.259 e. The van der Waals surface area contributed by atoms with Crippen LogP contribution in [0.4, 0.5) is 0 Å². The number of likely N-dealkylation sites (N-methyl/N-ethyl adjacent to an activating group) is 1. The van der Waals surface area contributed by atoms with Gasteiger partial charge in [0.15, 0.2) is 5.65 Å². The summed E-state index contributed by atoms with van der Waals surface area (Å²) in [4.78, 5) is 19.1. The van der Waals surface area contributed by atoms with Crippen molar-refractivity contribution in [3.8, 4) is 0 Å². The maximum Gasteiger partial charge on any atom is 0.259 e. The monoisotopic (exact) mass is 322 g/mol. The molecule has 0 aliphatic heterocycles. The van der Waals surface area contributed by atoms with Crippen molar-refractivity contribution in [2.75, 3.05) is 7.05 Å². The molecule has 2 heterocycles. The first kappa shape index (κ1) is 16.2. The van der Waals surface area contributed by atoms with E-state index in [1.807, 2.05) is 38.4 Å². The zero-order chi connectivity index (χ0) is 17.3. The summed E-state index contributed by atoms with van der Waals surface area (Å²) in [5.74, 6) is -0.0517. The molecule has 1 aromatic carbocycles. The lowest BCUT2D eigenvalue weighted by atomic mass is 10.0. The zero-order valence-corrected chi connectivity index (χ0v) is 14.5. The van der Waals surface area contributed by atoms with E-state index in [9.17, 15) is 4.79 Å². The number of carbonyl (C=O) groups excluding carboxylic acids is 1. The summed E-state index contributed by atoms with van der Waals surface area (Å²) in [5, 5.41) is 4.23. The SMILES string of the molecule is Cc1ccn2ncc(C(=O)N(C)[C@H](C)Cc3ccccc3C)c2n1. The summed E-state index contributed by atoms with van der Waals surface area (Å²) >= 11 is 0. The van der Waals surface area contributed by atoms with Gasteiger partial charge in [0.05, 0.1) is 6.20 Å². The number of rotatable bonds is 4. The molecule has 0 saturated heterocycles. The molecule has 0 radical (unpaired) electrons. The second-order valence-electron chi connectivity index (χ2n) is 6.29. The number of nitrogens with zero attached hydrogens (tertiary/aromatic N) is 4. The van der Waals surface area contributed by atoms with Crippen LogP contribution in [-0.2, 0) is 6.42 Å². The Labute approximate surface area is 141 Å². The van der Waals surface area contributed by atoms with Gasteiger partial charge < -0.3 is 4.90 Å². The Morgan fingerprint density at radius 1 is 1.25 bits per heavy atom. The van der Waals surface area contributed by atoms with Crippen LogP contribution in [-0.4, -0.2) is 38.5 Å². The lowest BCUT2D eigenvalue weighted by molar-refractivity contribution is 0.0745. The summed E-state index contributed by atoms with van der Waals surface area (Å²) in [7, 11) is 1.84. The highest BCUT2D eigenvalue weighted by Gasteiger charge is 2.22. The van der Waals surface area contributed by atoms with Crippen LogP contribution in [0.1, 0.15) is 34.1 Å². The average molecular weight is 322 g/mol. The third-order valence-corrected chi connectivity index (χ3v) is 4.50. The highest BCUT2D eigenvalue weighted by Crippen LogP contribution is 2.16. The van der Waals surface area contributed by atoms with Gasteiger partial charge in [0.2, 0.25) is 0 Å². The Kier molecular flexibility index (Phi) is 4.34. The van der Waals surface area contributed by atoms with Gasteiger partial charge in [-0.15, -0.1) is 0 Å². The number of hydrogen-bond acceptors (Lipinski definition) is 3. The summed E-state index contributed by atoms with van der Waals surface area (Å²) in [5.41, 5.74) is 4.53. The fraction of sp³-hybridized carbons (Fsp3) is 0.316. The Morgan fingerprint density at radius 2 is 2.00 bits per heavy atom. The van der Waals surface area contributed by atoms with Crippen molar-refractivity contribution in [1.82, 2.24) is 19.5 Å². The number of carbonyl (C=O) groups is 1. The van der Waals surface area contributed by atoms with Crippen molar-refractivity contribution in [2.24, 2.45) is 0 Å². The number of hydrogen-bond donors (Lipinski definition) is 0. The minimum absolute atomic E-state index is 0.0517. The third kappa shape index (κ3) is 3.02. The summed E-state index contributed by atoms with van der Waals surface area (Å²) in [6, 6.07) is 10.2. The van der Waals surface area contributed by atoms with E-state index in [0.717, 1.165) is 12.1 Å². The molecule has 124 valence electrons. The van der Waals surface area contributed by atoms with Crippen LogP contribution in [0.15, 0.2) is 42.7 Å². The van der Waals surface area contributed by atoms with Gasteiger partial charge >= 0.3 is 0 Å². The Balaban J connectivity index is 1.83. The van der Waals surface area contributed by atoms with Crippen LogP contribution in [0.5, 0.6) is 0 Å². The molecule has 0 spiro atoms. The predicted octanol–water partition coefficient (Wildman–Crippen LogP) is 3.05. The molecule has 3 aromatic rings. The van der Waals surface area contributed by atoms with Crippen LogP contribution in [0, 0.1) is 13.8 Å². The average Bonchev–Trinajstić information content (AvgIpc) is 2.98. The molecule has 24 heavy (non-hydrogen) atoms. The summed E-state index contributed by atoms with van der Waals surface area (Å²) in [6.45, 7) is 6.07. The normalized spacial score (nSPS) is 12.3. The van der Waals surface area contributed by atoms with E-state index in [0.29, 0.717) is 11.2 Å². The summed E-state index contributed by atoms with van der Waals surface area (Å²) in [6.07, 6.45) is 4.24. The highest BCUT2D eigenvalue weighted by atomic mass is 16.2. The molecule has 0 fully saturated rings. The van der Waals surface area contributed by atoms with Gasteiger partial charge in [-0.1, -0.05) is 24.3 Å². The first-order chi connectivity index (χ1) is 11.5. The standard InChI is InChI=1S/C19H22N4O/c1-13-7-5-6-8-16(13)11-15(3)22(4)19(24)17-12-20-23-10-9-14(2)21-18(17)23/h5-10,12,15H,11H2,1-4H3/t15-/m1/s1. The van der Waals surface area contributed by atoms with Gasteiger partial charge in [-0.3, -0.25) is 4.79 Å². The van der Waals surface area contributed by atoms with E-state index >= 15 is 0 Å². The van der Waals surface area contributed by atoms with Crippen LogP contribution < -0.4 is 0 Å². The van der Waals surface area contributed by atoms with E-state index in [1.54, 1.807) is 15.6 Å². The third-order valence-electron chi connectivity index (χ3n) is 4.50. The van der Waals surface area contributed by atoms with Crippen molar-refractivity contribution in [2.45, 2.75) is 33.2 Å². The van der Waals surface area contributed by atoms with Crippen molar-refractivity contribution in [3.05, 3.63) is 65.1 Å². The van der Waals surface area contributed by atoms with E-state index in [4.69, 9.17) is 0 Å². The molecule has 1 amide bonds. The molecule has 5 nitrogen and oxygen atoms in total. The molecular formula is C19H22N4O. The second kappa shape index (κ2) is 6.43. The Hall–Kier alpha value is -2.69. The van der Waals surface area contributed by atoms with Gasteiger partial charge in [-0.25, -0.2) is 9.50 Å². The van der Waals surface area contributed by atoms with Crippen molar-refractivity contribution < 1.29 is 4.79 Å². The van der Waals surface area contributed by atoms with Crippen LogP contribution in [0.25, 0.3) is 5.65 Å². The number of fused-ring (bicyclic) bond motifs is 1. The van der Waals surface area contributed by atoms with Crippen LogP contribution >= 0.6 is 0 Å². The fourth-order valence-corrected chi connectivity index (χ4v) is 2.79. The van der Waals surface area contributed by atoms with E-state index in [1.165, 1.54) is 11.1 Å². The van der Waals surface area contributed by atoms with Gasteiger partial charge in [0.25, 0.3) is 5.91 Å². The largest absolute Gasteiger partial charge is 0.339 e. The topological polar surface area (TPSA) is 50.5 Å². The molecule has 5 heteroatoms. The number of benzene rings is 1. The van der Waals surface area contributed by atoms with Gasteiger partial charge in [-0.05, 0) is 44.4 Å². The number of aromatic nitrogens is 3. The lowest BCUT2D eigenvalue weighted by Gasteiger charge is -2.25. The second-order valence-corrected chi connectivity index (χ2v) is 6.29. The predicted molar refractivity (Wildman–Crippen MR) is 94.2 cm³/mol. The van der Waals surface area contributed by atoms with E-state index in [2.05, 4.69) is 36.1 Å². The minimum Gasteiger partial charge on any atom is -0.339 e. The molecule has 3 rings (SSSR count). The van der Waals surface area contributed by atoms with Gasteiger partial charge in [0, 0.05) is 25.0 Å². The van der Waals surface area contributed by atoms with Crippen molar-refractivity contribution in [3.63, 3.8) is 0 Å². The molecule has 0 unspecified atom stereocenters. The molecule has 0 saturated carbocycles. The summed E-state index contributed by atoms with van der Waals surface area (Å²) < 4.78 is 1.64. The quantitative estimate of drug-likeness (QED) is 0.742. The number of amides is 1. The first-order valence-corrected chi connectivity index (χ1v) is 8.10. The van der Waals surface area contributed by atoms with E-state index in [-0.39, 0.29) is 11.9 Å². The first-order valence-electron chi connectivity index (χ1n) is 8.10. The molecule has 0 bridgehead atoms. The van der Waals surface area contributed by atoms with Crippen molar-refractivity contribution >= 4 is 11.6 Å². The van der Waals surface area contributed by atoms with Crippen LogP contribution in [0.2, 0.25) is 0 Å². The number of aryl methyl sites for hydroxylation is 2. The Morgan fingerprint density at radius 3 is 2.75 bits per heavy atom. The van der Waals surface area contributed by atoms with Gasteiger partial charge in [-0.2, -0.15) is 5.10 Å². The molecular weight excluding hydrogens is 300 g/mol. The minimum atomic E-state index is -0.0517. The highest BCUT2D eigenvalue weighted by molar-refractivity contribution is 5.99. The lowest BCUT2D eigenvalue weighted by Crippen LogP contribution is -2.36. The molecule has 0 aliphatic rings. The molecule has 0 aliphatic carbocycles. The van der Waals surface area contributed by atoms with Crippen molar-refractivity contribution in [1.29, 1.82) is 0 Å². The fourth-order valence-electron chi connectivity index (χ4n) is 2.79. The molecule has 1 atom stereocenters. The maximum absolute atomic E-state index is 12.9. The Bertz CT molecular complexity index is 884. The molecule has 2 aromatic heterocycles. The molecule has 0 N–H and O–H groups in total.